The van der Waals surface area contributed by atoms with E-state index in [-0.39, 0.29) is 11.6 Å². The number of amides is 1. The molecule has 0 aliphatic heterocycles. The molecule has 1 amide bonds. The Morgan fingerprint density at radius 2 is 2.06 bits per heavy atom. The van der Waals surface area contributed by atoms with Crippen LogP contribution in [0, 0.1) is 11.6 Å². The topological polar surface area (TPSA) is 20.3 Å². The first-order valence-corrected chi connectivity index (χ1v) is 6.92. The standard InChI is InChI=1S/C13H16BrF2NO/c1-9(2)17(8-4-7-14)13(18)10-5-3-6-11(15)12(10)16/h3,5-6,9H,4,7-8H2,1-2H3. The Morgan fingerprint density at radius 1 is 1.39 bits per heavy atom. The fourth-order valence-electron chi connectivity index (χ4n) is 1.65. The third kappa shape index (κ3) is 3.51. The lowest BCUT2D eigenvalue weighted by Gasteiger charge is -2.26. The Balaban J connectivity index is 2.98. The molecule has 0 radical (unpaired) electrons. The molecule has 0 spiro atoms. The lowest BCUT2D eigenvalue weighted by Crippen LogP contribution is -2.38. The molecule has 0 saturated heterocycles. The number of carbonyl (C=O) groups excluding carboxylic acids is 1. The summed E-state index contributed by atoms with van der Waals surface area (Å²) in [5.41, 5.74) is -0.210. The first-order valence-electron chi connectivity index (χ1n) is 5.80. The number of benzene rings is 1. The van der Waals surface area contributed by atoms with E-state index in [1.54, 1.807) is 4.90 Å². The minimum absolute atomic E-state index is 0.0563. The number of alkyl halides is 1. The van der Waals surface area contributed by atoms with Gasteiger partial charge >= 0.3 is 0 Å². The van der Waals surface area contributed by atoms with Gasteiger partial charge in [0.15, 0.2) is 11.6 Å². The van der Waals surface area contributed by atoms with Crippen LogP contribution in [0.3, 0.4) is 0 Å². The molecular weight excluding hydrogens is 304 g/mol. The minimum Gasteiger partial charge on any atom is -0.336 e. The zero-order valence-corrected chi connectivity index (χ0v) is 12.0. The van der Waals surface area contributed by atoms with Crippen LogP contribution in [0.4, 0.5) is 8.78 Å². The lowest BCUT2D eigenvalue weighted by atomic mass is 10.1. The molecule has 2 nitrogen and oxygen atoms in total. The van der Waals surface area contributed by atoms with E-state index in [1.165, 1.54) is 12.1 Å². The van der Waals surface area contributed by atoms with Gasteiger partial charge < -0.3 is 4.90 Å². The van der Waals surface area contributed by atoms with Crippen molar-refractivity contribution >= 4 is 21.8 Å². The Kier molecular flexibility index (Phi) is 5.72. The predicted molar refractivity (Wildman–Crippen MR) is 70.9 cm³/mol. The monoisotopic (exact) mass is 319 g/mol. The van der Waals surface area contributed by atoms with E-state index in [2.05, 4.69) is 15.9 Å². The highest BCUT2D eigenvalue weighted by molar-refractivity contribution is 9.09. The smallest absolute Gasteiger partial charge is 0.257 e. The lowest BCUT2D eigenvalue weighted by molar-refractivity contribution is 0.0701. The molecular formula is C13H16BrF2NO. The summed E-state index contributed by atoms with van der Waals surface area (Å²) in [5.74, 6) is -2.54. The second-order valence-corrected chi connectivity index (χ2v) is 5.03. The minimum atomic E-state index is -1.08. The maximum atomic E-state index is 13.6. The van der Waals surface area contributed by atoms with Gasteiger partial charge in [-0.25, -0.2) is 8.78 Å². The fourth-order valence-corrected chi connectivity index (χ4v) is 1.90. The third-order valence-electron chi connectivity index (χ3n) is 2.60. The quantitative estimate of drug-likeness (QED) is 0.759. The van der Waals surface area contributed by atoms with Gasteiger partial charge in [-0.3, -0.25) is 4.79 Å². The number of rotatable bonds is 5. The van der Waals surface area contributed by atoms with Gasteiger partial charge in [0.2, 0.25) is 0 Å². The number of nitrogens with zero attached hydrogens (tertiary/aromatic N) is 1. The summed E-state index contributed by atoms with van der Waals surface area (Å²) in [6, 6.07) is 3.60. The van der Waals surface area contributed by atoms with Gasteiger partial charge in [-0.2, -0.15) is 0 Å². The summed E-state index contributed by atoms with van der Waals surface area (Å²) in [5, 5.41) is 0.759. The van der Waals surface area contributed by atoms with Crippen molar-refractivity contribution in [2.24, 2.45) is 0 Å². The van der Waals surface area contributed by atoms with Crippen LogP contribution in [0.25, 0.3) is 0 Å². The Morgan fingerprint density at radius 3 is 2.61 bits per heavy atom. The van der Waals surface area contributed by atoms with Crippen molar-refractivity contribution < 1.29 is 13.6 Å². The molecule has 0 aliphatic carbocycles. The van der Waals surface area contributed by atoms with Gasteiger partial charge in [0, 0.05) is 17.9 Å². The summed E-state index contributed by atoms with van der Waals surface area (Å²) in [6.45, 7) is 4.21. The molecule has 0 unspecified atom stereocenters. The molecule has 0 atom stereocenters. The number of halogens is 3. The molecule has 0 aliphatic rings. The Labute approximate surface area is 114 Å². The summed E-state index contributed by atoms with van der Waals surface area (Å²) >= 11 is 3.29. The molecule has 0 N–H and O–H groups in total. The van der Waals surface area contributed by atoms with Crippen LogP contribution in [0.15, 0.2) is 18.2 Å². The molecule has 1 rings (SSSR count). The van der Waals surface area contributed by atoms with Gasteiger partial charge in [0.1, 0.15) is 0 Å². The van der Waals surface area contributed by atoms with E-state index in [1.807, 2.05) is 13.8 Å². The Bertz CT molecular complexity index is 423. The van der Waals surface area contributed by atoms with Crippen molar-refractivity contribution in [1.82, 2.24) is 4.90 Å². The van der Waals surface area contributed by atoms with Crippen molar-refractivity contribution in [3.8, 4) is 0 Å². The second-order valence-electron chi connectivity index (χ2n) is 4.24. The van der Waals surface area contributed by atoms with Crippen LogP contribution >= 0.6 is 15.9 Å². The summed E-state index contributed by atoms with van der Waals surface area (Å²) < 4.78 is 26.7. The van der Waals surface area contributed by atoms with Gasteiger partial charge in [-0.1, -0.05) is 22.0 Å². The van der Waals surface area contributed by atoms with E-state index in [4.69, 9.17) is 0 Å². The summed E-state index contributed by atoms with van der Waals surface area (Å²) in [6.07, 6.45) is 0.765. The maximum absolute atomic E-state index is 13.6. The molecule has 5 heteroatoms. The van der Waals surface area contributed by atoms with Crippen LogP contribution in [0.1, 0.15) is 30.6 Å². The van der Waals surface area contributed by atoms with Crippen molar-refractivity contribution in [1.29, 1.82) is 0 Å². The van der Waals surface area contributed by atoms with Gasteiger partial charge in [0.25, 0.3) is 5.91 Å². The van der Waals surface area contributed by atoms with Crippen LogP contribution in [0.2, 0.25) is 0 Å². The molecule has 0 saturated carbocycles. The van der Waals surface area contributed by atoms with Gasteiger partial charge in [-0.15, -0.1) is 0 Å². The van der Waals surface area contributed by atoms with Gasteiger partial charge in [-0.05, 0) is 32.4 Å². The van der Waals surface area contributed by atoms with Crippen LogP contribution in [-0.4, -0.2) is 28.7 Å². The van der Waals surface area contributed by atoms with Crippen LogP contribution in [0.5, 0.6) is 0 Å². The molecule has 1 aromatic carbocycles. The zero-order valence-electron chi connectivity index (χ0n) is 10.4. The van der Waals surface area contributed by atoms with Crippen molar-refractivity contribution in [2.75, 3.05) is 11.9 Å². The average Bonchev–Trinajstić information content (AvgIpc) is 2.32. The van der Waals surface area contributed by atoms with Crippen molar-refractivity contribution in [2.45, 2.75) is 26.3 Å². The third-order valence-corrected chi connectivity index (χ3v) is 3.16. The highest BCUT2D eigenvalue weighted by Gasteiger charge is 2.22. The van der Waals surface area contributed by atoms with E-state index >= 15 is 0 Å². The largest absolute Gasteiger partial charge is 0.336 e. The first-order chi connectivity index (χ1) is 8.49. The van der Waals surface area contributed by atoms with Gasteiger partial charge in [0.05, 0.1) is 5.56 Å². The maximum Gasteiger partial charge on any atom is 0.257 e. The molecule has 0 aromatic heterocycles. The first kappa shape index (κ1) is 15.1. The summed E-state index contributed by atoms with van der Waals surface area (Å²) in [4.78, 5) is 13.7. The average molecular weight is 320 g/mol. The number of carbonyl (C=O) groups is 1. The highest BCUT2D eigenvalue weighted by atomic mass is 79.9. The predicted octanol–water partition coefficient (Wildman–Crippen LogP) is 3.60. The van der Waals surface area contributed by atoms with E-state index in [9.17, 15) is 13.6 Å². The Hall–Kier alpha value is -0.970. The number of hydrogen-bond acceptors (Lipinski definition) is 1. The second kappa shape index (κ2) is 6.83. The highest BCUT2D eigenvalue weighted by Crippen LogP contribution is 2.15. The molecule has 100 valence electrons. The van der Waals surface area contributed by atoms with Crippen molar-refractivity contribution in [3.63, 3.8) is 0 Å². The molecule has 1 aromatic rings. The molecule has 0 fully saturated rings. The van der Waals surface area contributed by atoms with Crippen molar-refractivity contribution in [3.05, 3.63) is 35.4 Å². The molecule has 0 heterocycles. The van der Waals surface area contributed by atoms with E-state index in [0.29, 0.717) is 6.54 Å². The summed E-state index contributed by atoms with van der Waals surface area (Å²) in [7, 11) is 0. The SMILES string of the molecule is CC(C)N(CCCBr)C(=O)c1cccc(F)c1F. The molecule has 0 bridgehead atoms. The fraction of sp³-hybridized carbons (Fsp3) is 0.462. The normalized spacial score (nSPS) is 10.8. The van der Waals surface area contributed by atoms with E-state index < -0.39 is 17.5 Å². The zero-order chi connectivity index (χ0) is 13.7. The van der Waals surface area contributed by atoms with Crippen LogP contribution in [-0.2, 0) is 0 Å². The number of hydrogen-bond donors (Lipinski definition) is 0. The van der Waals surface area contributed by atoms with E-state index in [0.717, 1.165) is 17.8 Å². The van der Waals surface area contributed by atoms with Crippen LogP contribution < -0.4 is 0 Å². The molecule has 18 heavy (non-hydrogen) atoms.